The fourth-order valence-electron chi connectivity index (χ4n) is 5.21. The molecule has 1 N–H and O–H groups in total. The van der Waals surface area contributed by atoms with Crippen LogP contribution in [0.2, 0.25) is 0 Å². The molecule has 0 spiro atoms. The number of imidazole rings is 1. The van der Waals surface area contributed by atoms with Gasteiger partial charge in [0.15, 0.2) is 0 Å². The molecule has 0 amide bonds. The zero-order chi connectivity index (χ0) is 25.5. The lowest BCUT2D eigenvalue weighted by Crippen LogP contribution is -2.45. The number of fused-ring (bicyclic) bond motifs is 3. The molecule has 1 saturated heterocycles. The maximum absolute atomic E-state index is 14.0. The molecule has 3 aromatic carbocycles. The van der Waals surface area contributed by atoms with Gasteiger partial charge in [0.05, 0.1) is 11.0 Å². The van der Waals surface area contributed by atoms with E-state index in [-0.39, 0.29) is 18.1 Å². The highest BCUT2D eigenvalue weighted by atomic mass is 19.1. The van der Waals surface area contributed by atoms with Crippen molar-refractivity contribution in [2.45, 2.75) is 13.2 Å². The number of H-pyrrole nitrogens is 1. The molecule has 0 saturated carbocycles. The highest BCUT2D eigenvalue weighted by molar-refractivity contribution is 5.95. The van der Waals surface area contributed by atoms with Crippen molar-refractivity contribution in [1.82, 2.24) is 19.4 Å². The standard InChI is InChI=1S/C29H28F2N4O2/c1-33-8-10-34(11-9-33)12-13-35-27-7-2-19(15-26(27)32-29(35)36)14-25-23-5-3-21(30)16-20(23)18-37-28-17-22(31)4-6-24(25)28/h2-7,14-17H,8-13,18H2,1H3,(H,32,36). The molecule has 0 aliphatic carbocycles. The van der Waals surface area contributed by atoms with E-state index >= 15 is 0 Å². The van der Waals surface area contributed by atoms with Crippen LogP contribution in [0.1, 0.15) is 22.3 Å². The number of aromatic amines is 1. The molecule has 2 aliphatic heterocycles. The van der Waals surface area contributed by atoms with Crippen LogP contribution >= 0.6 is 0 Å². The average molecular weight is 503 g/mol. The molecule has 0 radical (unpaired) electrons. The Hall–Kier alpha value is -3.75. The Morgan fingerprint density at radius 3 is 2.49 bits per heavy atom. The maximum atomic E-state index is 14.0. The second-order valence-corrected chi connectivity index (χ2v) is 9.79. The molecule has 1 aromatic heterocycles. The topological polar surface area (TPSA) is 53.5 Å². The van der Waals surface area contributed by atoms with Gasteiger partial charge in [-0.3, -0.25) is 9.47 Å². The van der Waals surface area contributed by atoms with E-state index in [1.807, 2.05) is 24.3 Å². The van der Waals surface area contributed by atoms with Crippen molar-refractivity contribution in [2.75, 3.05) is 39.8 Å². The van der Waals surface area contributed by atoms with Crippen LogP contribution in [0.3, 0.4) is 0 Å². The fraction of sp³-hybridized carbons (Fsp3) is 0.276. The van der Waals surface area contributed by atoms with Crippen molar-refractivity contribution in [1.29, 1.82) is 0 Å². The van der Waals surface area contributed by atoms with E-state index in [2.05, 4.69) is 21.8 Å². The SMILES string of the molecule is CN1CCN(CCn2c(=O)[nH]c3cc(C=C4c5ccc(F)cc5COc5cc(F)ccc54)ccc32)CC1. The minimum absolute atomic E-state index is 0.126. The van der Waals surface area contributed by atoms with Gasteiger partial charge in [-0.25, -0.2) is 13.6 Å². The summed E-state index contributed by atoms with van der Waals surface area (Å²) >= 11 is 0. The zero-order valence-electron chi connectivity index (χ0n) is 20.6. The van der Waals surface area contributed by atoms with Crippen LogP contribution in [0.4, 0.5) is 8.78 Å². The van der Waals surface area contributed by atoms with Crippen molar-refractivity contribution in [3.05, 3.63) is 99.0 Å². The smallest absolute Gasteiger partial charge is 0.326 e. The first-order valence-electron chi connectivity index (χ1n) is 12.5. The predicted molar refractivity (Wildman–Crippen MR) is 141 cm³/mol. The van der Waals surface area contributed by atoms with Gasteiger partial charge < -0.3 is 14.6 Å². The van der Waals surface area contributed by atoms with Gasteiger partial charge in [0, 0.05) is 56.5 Å². The molecule has 0 atom stereocenters. The molecule has 2 aliphatic rings. The van der Waals surface area contributed by atoms with Gasteiger partial charge in [0.25, 0.3) is 0 Å². The number of nitrogens with one attached hydrogen (secondary N) is 1. The van der Waals surface area contributed by atoms with Gasteiger partial charge in [0.1, 0.15) is 24.0 Å². The third kappa shape index (κ3) is 4.70. The Labute approximate surface area is 213 Å². The van der Waals surface area contributed by atoms with Crippen molar-refractivity contribution in [3.63, 3.8) is 0 Å². The number of likely N-dealkylation sites (N-methyl/N-ethyl adjacent to an activating group) is 1. The molecule has 190 valence electrons. The number of aromatic nitrogens is 2. The van der Waals surface area contributed by atoms with Crippen LogP contribution in [0.5, 0.6) is 5.75 Å². The van der Waals surface area contributed by atoms with Gasteiger partial charge in [-0.05, 0) is 66.2 Å². The third-order valence-electron chi connectivity index (χ3n) is 7.32. The van der Waals surface area contributed by atoms with E-state index < -0.39 is 5.82 Å². The number of nitrogens with zero attached hydrogens (tertiary/aromatic N) is 3. The lowest BCUT2D eigenvalue weighted by molar-refractivity contribution is 0.150. The Morgan fingerprint density at radius 1 is 0.919 bits per heavy atom. The van der Waals surface area contributed by atoms with Crippen molar-refractivity contribution < 1.29 is 13.5 Å². The van der Waals surface area contributed by atoms with E-state index in [0.29, 0.717) is 17.9 Å². The summed E-state index contributed by atoms with van der Waals surface area (Å²) in [7, 11) is 2.13. The lowest BCUT2D eigenvalue weighted by Gasteiger charge is -2.32. The van der Waals surface area contributed by atoms with Crippen molar-refractivity contribution in [3.8, 4) is 5.75 Å². The third-order valence-corrected chi connectivity index (χ3v) is 7.32. The molecule has 8 heteroatoms. The molecule has 1 fully saturated rings. The number of halogens is 2. The summed E-state index contributed by atoms with van der Waals surface area (Å²) in [5, 5.41) is 0. The second-order valence-electron chi connectivity index (χ2n) is 9.79. The first-order chi connectivity index (χ1) is 17.9. The normalized spacial score (nSPS) is 17.4. The number of hydrogen-bond donors (Lipinski definition) is 1. The molecule has 37 heavy (non-hydrogen) atoms. The summed E-state index contributed by atoms with van der Waals surface area (Å²) < 4.78 is 35.6. The molecule has 6 rings (SSSR count). The van der Waals surface area contributed by atoms with Gasteiger partial charge >= 0.3 is 5.69 Å². The number of piperazine rings is 1. The first-order valence-corrected chi connectivity index (χ1v) is 12.5. The van der Waals surface area contributed by atoms with Crippen LogP contribution in [-0.4, -0.2) is 59.1 Å². The molecule has 4 aromatic rings. The second kappa shape index (κ2) is 9.61. The molecular weight excluding hydrogens is 474 g/mol. The van der Waals surface area contributed by atoms with E-state index in [1.165, 1.54) is 24.3 Å². The predicted octanol–water partition coefficient (Wildman–Crippen LogP) is 4.34. The van der Waals surface area contributed by atoms with Crippen molar-refractivity contribution in [2.24, 2.45) is 0 Å². The quantitative estimate of drug-likeness (QED) is 0.451. The highest BCUT2D eigenvalue weighted by Gasteiger charge is 2.21. The Bertz CT molecular complexity index is 1510. The van der Waals surface area contributed by atoms with Gasteiger partial charge in [-0.15, -0.1) is 0 Å². The lowest BCUT2D eigenvalue weighted by atomic mass is 9.92. The summed E-state index contributed by atoms with van der Waals surface area (Å²) in [6.45, 7) is 5.68. The average Bonchev–Trinajstić information content (AvgIpc) is 3.12. The van der Waals surface area contributed by atoms with Gasteiger partial charge in [0.2, 0.25) is 0 Å². The summed E-state index contributed by atoms with van der Waals surface area (Å²) in [6.07, 6.45) is 1.97. The van der Waals surface area contributed by atoms with Crippen LogP contribution in [0, 0.1) is 11.6 Å². The maximum Gasteiger partial charge on any atom is 0.326 e. The molecule has 0 bridgehead atoms. The Morgan fingerprint density at radius 2 is 1.68 bits per heavy atom. The zero-order valence-corrected chi connectivity index (χ0v) is 20.6. The molecule has 3 heterocycles. The summed E-state index contributed by atoms with van der Waals surface area (Å²) in [5.41, 5.74) is 5.39. The van der Waals surface area contributed by atoms with Crippen LogP contribution in [0.15, 0.2) is 59.4 Å². The van der Waals surface area contributed by atoms with Gasteiger partial charge in [-0.2, -0.15) is 0 Å². The number of rotatable bonds is 4. The fourth-order valence-corrected chi connectivity index (χ4v) is 5.21. The summed E-state index contributed by atoms with van der Waals surface area (Å²) in [6, 6.07) is 14.9. The number of ether oxygens (including phenoxy) is 1. The van der Waals surface area contributed by atoms with Crippen LogP contribution in [0.25, 0.3) is 22.7 Å². The highest BCUT2D eigenvalue weighted by Crippen LogP contribution is 2.38. The monoisotopic (exact) mass is 502 g/mol. The Kier molecular flexibility index (Phi) is 6.14. The molecular formula is C29H28F2N4O2. The van der Waals surface area contributed by atoms with Crippen LogP contribution < -0.4 is 10.4 Å². The summed E-state index contributed by atoms with van der Waals surface area (Å²) in [5.74, 6) is -0.338. The minimum atomic E-state index is -0.396. The Balaban J connectivity index is 1.36. The van der Waals surface area contributed by atoms with Crippen LogP contribution in [-0.2, 0) is 13.2 Å². The summed E-state index contributed by atoms with van der Waals surface area (Å²) in [4.78, 5) is 20.5. The molecule has 0 unspecified atom stereocenters. The van der Waals surface area contributed by atoms with E-state index in [0.717, 1.165) is 66.0 Å². The number of hydrogen-bond acceptors (Lipinski definition) is 4. The first kappa shape index (κ1) is 23.6. The minimum Gasteiger partial charge on any atom is -0.488 e. The van der Waals surface area contributed by atoms with E-state index in [1.54, 1.807) is 16.7 Å². The van der Waals surface area contributed by atoms with E-state index in [9.17, 15) is 13.6 Å². The largest absolute Gasteiger partial charge is 0.488 e. The van der Waals surface area contributed by atoms with Crippen molar-refractivity contribution >= 4 is 22.7 Å². The van der Waals surface area contributed by atoms with E-state index in [4.69, 9.17) is 4.74 Å². The number of benzene rings is 3. The molecule has 6 nitrogen and oxygen atoms in total. The van der Waals surface area contributed by atoms with Gasteiger partial charge in [-0.1, -0.05) is 12.1 Å².